The molecule has 136 valence electrons. The monoisotopic (exact) mass is 359 g/mol. The largest absolute Gasteiger partial charge is 0.360 e. The van der Waals surface area contributed by atoms with Gasteiger partial charge in [-0.2, -0.15) is 0 Å². The Morgan fingerprint density at radius 1 is 0.815 bits per heavy atom. The number of hydrogen-bond donors (Lipinski definition) is 0. The van der Waals surface area contributed by atoms with Crippen LogP contribution in [0.3, 0.4) is 0 Å². The molecule has 4 nitrogen and oxygen atoms in total. The Kier molecular flexibility index (Phi) is 4.73. The second-order valence-electron chi connectivity index (χ2n) is 6.94. The van der Waals surface area contributed by atoms with Crippen molar-refractivity contribution in [2.45, 2.75) is 18.1 Å². The number of rotatable bonds is 7. The van der Waals surface area contributed by atoms with Crippen LogP contribution in [-0.2, 0) is 10.3 Å². The third kappa shape index (κ3) is 3.36. The molecule has 0 N–H and O–H groups in total. The lowest BCUT2D eigenvalue weighted by atomic mass is 9.80. The van der Waals surface area contributed by atoms with Crippen LogP contribution in [0.1, 0.15) is 23.1 Å². The van der Waals surface area contributed by atoms with Crippen molar-refractivity contribution in [2.24, 2.45) is 5.92 Å². The van der Waals surface area contributed by atoms with Crippen LogP contribution in [0.4, 0.5) is 0 Å². The molecule has 3 aromatic rings. The summed E-state index contributed by atoms with van der Waals surface area (Å²) in [6, 6.07) is 29.8. The van der Waals surface area contributed by atoms with E-state index in [0.717, 1.165) is 16.7 Å². The van der Waals surface area contributed by atoms with Crippen molar-refractivity contribution in [3.05, 3.63) is 118 Å². The van der Waals surface area contributed by atoms with Gasteiger partial charge in [-0.25, -0.2) is 0 Å². The van der Waals surface area contributed by atoms with Crippen molar-refractivity contribution in [3.63, 3.8) is 0 Å². The summed E-state index contributed by atoms with van der Waals surface area (Å²) in [6.45, 7) is 0.352. The molecule has 0 aliphatic heterocycles. The topological polar surface area (TPSA) is 52.4 Å². The van der Waals surface area contributed by atoms with E-state index in [2.05, 4.69) is 36.4 Å². The van der Waals surface area contributed by atoms with Gasteiger partial charge in [0.15, 0.2) is 0 Å². The van der Waals surface area contributed by atoms with E-state index in [-0.39, 0.29) is 10.8 Å². The highest BCUT2D eigenvalue weighted by Gasteiger charge is 2.50. The van der Waals surface area contributed by atoms with Crippen molar-refractivity contribution in [1.82, 2.24) is 0 Å². The lowest BCUT2D eigenvalue weighted by Gasteiger charge is -2.36. The zero-order valence-electron chi connectivity index (χ0n) is 14.9. The molecule has 4 heteroatoms. The first-order valence-electron chi connectivity index (χ1n) is 9.16. The van der Waals surface area contributed by atoms with Crippen molar-refractivity contribution < 1.29 is 9.66 Å². The van der Waals surface area contributed by atoms with E-state index in [9.17, 15) is 10.1 Å². The summed E-state index contributed by atoms with van der Waals surface area (Å²) >= 11 is 0. The van der Waals surface area contributed by atoms with E-state index in [1.165, 1.54) is 0 Å². The standard InChI is InChI=1S/C23H21NO3/c25-24(26)22-16-18(22)17-27-23(19-10-4-1-5-11-19,20-12-6-2-7-13-20)21-14-8-3-9-15-21/h1-15,18,22H,16-17H2/t18-,22+/m0/s1. The molecule has 0 spiro atoms. The first-order chi connectivity index (χ1) is 13.2. The molecule has 27 heavy (non-hydrogen) atoms. The predicted molar refractivity (Wildman–Crippen MR) is 104 cm³/mol. The van der Waals surface area contributed by atoms with Gasteiger partial charge in [0.1, 0.15) is 5.60 Å². The average molecular weight is 359 g/mol. The van der Waals surface area contributed by atoms with E-state index in [1.54, 1.807) is 0 Å². The van der Waals surface area contributed by atoms with Crippen molar-refractivity contribution in [2.75, 3.05) is 6.61 Å². The molecule has 3 aromatic carbocycles. The van der Waals surface area contributed by atoms with Gasteiger partial charge in [-0.05, 0) is 16.7 Å². The Balaban J connectivity index is 1.81. The summed E-state index contributed by atoms with van der Waals surface area (Å²) in [7, 11) is 0. The van der Waals surface area contributed by atoms with Crippen LogP contribution in [0.2, 0.25) is 0 Å². The molecule has 1 fully saturated rings. The number of hydrogen-bond acceptors (Lipinski definition) is 3. The molecular weight excluding hydrogens is 338 g/mol. The minimum absolute atomic E-state index is 0.0319. The zero-order chi connectivity index (χ0) is 18.7. The summed E-state index contributed by atoms with van der Waals surface area (Å²) < 4.78 is 6.59. The average Bonchev–Trinajstić information content (AvgIpc) is 3.51. The highest BCUT2D eigenvalue weighted by molar-refractivity contribution is 5.47. The third-order valence-corrected chi connectivity index (χ3v) is 5.21. The quantitative estimate of drug-likeness (QED) is 0.350. The highest BCUT2D eigenvalue weighted by atomic mass is 16.6. The molecule has 2 atom stereocenters. The second kappa shape index (κ2) is 7.33. The molecule has 4 rings (SSSR count). The number of nitrogens with zero attached hydrogens (tertiary/aromatic N) is 1. The van der Waals surface area contributed by atoms with E-state index < -0.39 is 11.6 Å². The fourth-order valence-corrected chi connectivity index (χ4v) is 3.67. The van der Waals surface area contributed by atoms with Crippen LogP contribution in [0.25, 0.3) is 0 Å². The third-order valence-electron chi connectivity index (χ3n) is 5.21. The van der Waals surface area contributed by atoms with Crippen molar-refractivity contribution in [1.29, 1.82) is 0 Å². The Hall–Kier alpha value is -2.98. The van der Waals surface area contributed by atoms with Crippen molar-refractivity contribution in [3.8, 4) is 0 Å². The molecule has 0 saturated heterocycles. The highest BCUT2D eigenvalue weighted by Crippen LogP contribution is 2.43. The van der Waals surface area contributed by atoms with E-state index in [1.807, 2.05) is 54.6 Å². The van der Waals surface area contributed by atoms with Gasteiger partial charge in [-0.15, -0.1) is 0 Å². The Morgan fingerprint density at radius 3 is 1.56 bits per heavy atom. The molecule has 1 aliphatic carbocycles. The Labute approximate surface area is 158 Å². The van der Waals surface area contributed by atoms with E-state index in [4.69, 9.17) is 4.74 Å². The SMILES string of the molecule is O=[N+]([O-])[C@@H]1C[C@H]1COC(c1ccccc1)(c1ccccc1)c1ccccc1. The van der Waals surface area contributed by atoms with Gasteiger partial charge in [0.05, 0.1) is 12.5 Å². The summed E-state index contributed by atoms with van der Waals surface area (Å²) in [4.78, 5) is 10.9. The van der Waals surface area contributed by atoms with Gasteiger partial charge >= 0.3 is 0 Å². The molecule has 0 amide bonds. The molecular formula is C23H21NO3. The fraction of sp³-hybridized carbons (Fsp3) is 0.217. The molecule has 0 unspecified atom stereocenters. The van der Waals surface area contributed by atoms with Gasteiger partial charge in [0.2, 0.25) is 6.04 Å². The molecule has 1 aliphatic rings. The van der Waals surface area contributed by atoms with Crippen LogP contribution >= 0.6 is 0 Å². The summed E-state index contributed by atoms with van der Waals surface area (Å²) in [6.07, 6.45) is 0.585. The van der Waals surface area contributed by atoms with Crippen LogP contribution in [0, 0.1) is 16.0 Å². The summed E-state index contributed by atoms with van der Waals surface area (Å²) in [5, 5.41) is 11.1. The molecule has 0 aromatic heterocycles. The normalized spacial score (nSPS) is 18.8. The van der Waals surface area contributed by atoms with Gasteiger partial charge in [0, 0.05) is 11.3 Å². The van der Waals surface area contributed by atoms with Gasteiger partial charge in [0.25, 0.3) is 0 Å². The number of nitro groups is 1. The minimum atomic E-state index is -0.798. The maximum Gasteiger partial charge on any atom is 0.219 e. The lowest BCUT2D eigenvalue weighted by molar-refractivity contribution is -0.498. The smallest absolute Gasteiger partial charge is 0.219 e. The van der Waals surface area contributed by atoms with Crippen molar-refractivity contribution >= 4 is 0 Å². The second-order valence-corrected chi connectivity index (χ2v) is 6.94. The molecule has 0 heterocycles. The predicted octanol–water partition coefficient (Wildman–Crippen LogP) is 4.66. The molecule has 0 bridgehead atoms. The summed E-state index contributed by atoms with van der Waals surface area (Å²) in [5.74, 6) is -0.0319. The van der Waals surface area contributed by atoms with E-state index >= 15 is 0 Å². The minimum Gasteiger partial charge on any atom is -0.360 e. The zero-order valence-corrected chi connectivity index (χ0v) is 14.9. The number of ether oxygens (including phenoxy) is 1. The maximum atomic E-state index is 11.1. The maximum absolute atomic E-state index is 11.1. The fourth-order valence-electron chi connectivity index (χ4n) is 3.67. The Bertz CT molecular complexity index is 800. The van der Waals surface area contributed by atoms with Crippen LogP contribution in [0.15, 0.2) is 91.0 Å². The first-order valence-corrected chi connectivity index (χ1v) is 9.16. The first kappa shape index (κ1) is 17.4. The Morgan fingerprint density at radius 2 is 1.22 bits per heavy atom. The summed E-state index contributed by atoms with van der Waals surface area (Å²) in [5.41, 5.74) is 2.25. The van der Waals surface area contributed by atoms with Gasteiger partial charge < -0.3 is 4.74 Å². The van der Waals surface area contributed by atoms with Crippen LogP contribution < -0.4 is 0 Å². The van der Waals surface area contributed by atoms with E-state index in [0.29, 0.717) is 13.0 Å². The molecule has 0 radical (unpaired) electrons. The lowest BCUT2D eigenvalue weighted by Crippen LogP contribution is -2.34. The molecule has 1 saturated carbocycles. The van der Waals surface area contributed by atoms with Gasteiger partial charge in [-0.3, -0.25) is 10.1 Å². The van der Waals surface area contributed by atoms with Crippen LogP contribution in [0.5, 0.6) is 0 Å². The van der Waals surface area contributed by atoms with Crippen LogP contribution in [-0.4, -0.2) is 17.6 Å². The number of benzene rings is 3. The van der Waals surface area contributed by atoms with Gasteiger partial charge in [-0.1, -0.05) is 91.0 Å².